The van der Waals surface area contributed by atoms with Gasteiger partial charge in [0.25, 0.3) is 0 Å². The van der Waals surface area contributed by atoms with Crippen molar-refractivity contribution in [2.24, 2.45) is 0 Å². The first kappa shape index (κ1) is 11.0. The molecule has 1 aromatic heterocycles. The third-order valence-corrected chi connectivity index (χ3v) is 4.02. The Morgan fingerprint density at radius 3 is 2.73 bits per heavy atom. The van der Waals surface area contributed by atoms with Crippen molar-refractivity contribution >= 4 is 11.8 Å². The first-order chi connectivity index (χ1) is 7.27. The van der Waals surface area contributed by atoms with Crippen LogP contribution in [0.5, 0.6) is 0 Å². The lowest BCUT2D eigenvalue weighted by Crippen LogP contribution is -2.32. The van der Waals surface area contributed by atoms with Crippen molar-refractivity contribution in [1.29, 1.82) is 0 Å². The summed E-state index contributed by atoms with van der Waals surface area (Å²) in [6.45, 7) is 4.88. The van der Waals surface area contributed by atoms with Crippen LogP contribution in [0.4, 0.5) is 0 Å². The van der Waals surface area contributed by atoms with Gasteiger partial charge in [0.1, 0.15) is 5.76 Å². The third kappa shape index (κ3) is 2.75. The zero-order valence-corrected chi connectivity index (χ0v) is 10.2. The van der Waals surface area contributed by atoms with Crippen molar-refractivity contribution in [2.75, 3.05) is 11.5 Å². The first-order valence-corrected chi connectivity index (χ1v) is 6.65. The van der Waals surface area contributed by atoms with Gasteiger partial charge in [0, 0.05) is 18.2 Å². The Balaban J connectivity index is 1.87. The van der Waals surface area contributed by atoms with Crippen molar-refractivity contribution in [3.63, 3.8) is 0 Å². The Morgan fingerprint density at radius 2 is 2.13 bits per heavy atom. The van der Waals surface area contributed by atoms with Crippen LogP contribution < -0.4 is 5.32 Å². The summed E-state index contributed by atoms with van der Waals surface area (Å²) in [7, 11) is 0. The maximum atomic E-state index is 5.14. The molecule has 0 atom stereocenters. The second kappa shape index (κ2) is 5.03. The summed E-state index contributed by atoms with van der Waals surface area (Å²) in [5.74, 6) is 3.53. The lowest BCUT2D eigenvalue weighted by Gasteiger charge is -2.22. The normalized spacial score (nSPS) is 18.3. The van der Waals surface area contributed by atoms with Crippen LogP contribution in [0.2, 0.25) is 0 Å². The summed E-state index contributed by atoms with van der Waals surface area (Å²) in [6.07, 6.45) is 2.57. The van der Waals surface area contributed by atoms with Crippen LogP contribution in [0.3, 0.4) is 0 Å². The zero-order chi connectivity index (χ0) is 10.7. The monoisotopic (exact) mass is 226 g/mol. The molecular weight excluding hydrogens is 208 g/mol. The van der Waals surface area contributed by atoms with E-state index in [1.165, 1.54) is 29.9 Å². The summed E-state index contributed by atoms with van der Waals surface area (Å²) < 4.78 is 5.14. The van der Waals surface area contributed by atoms with E-state index >= 15 is 0 Å². The molecule has 0 aromatic carbocycles. The second-order valence-electron chi connectivity index (χ2n) is 4.07. The molecule has 0 amide bonds. The van der Waals surface area contributed by atoms with Crippen molar-refractivity contribution in [3.05, 3.63) is 17.0 Å². The molecule has 4 heteroatoms. The molecule has 3 nitrogen and oxygen atoms in total. The standard InChI is InChI=1S/C11H18N2OS/c1-8-11(9(2)14-13-8)7-12-10-3-5-15-6-4-10/h10,12H,3-7H2,1-2H3. The van der Waals surface area contributed by atoms with E-state index in [-0.39, 0.29) is 0 Å². The van der Waals surface area contributed by atoms with E-state index in [0.717, 1.165) is 18.0 Å². The Morgan fingerprint density at radius 1 is 1.40 bits per heavy atom. The number of hydrogen-bond donors (Lipinski definition) is 1. The smallest absolute Gasteiger partial charge is 0.138 e. The molecular formula is C11H18N2OS. The highest BCUT2D eigenvalue weighted by Crippen LogP contribution is 2.18. The number of aromatic nitrogens is 1. The number of nitrogens with zero attached hydrogens (tertiary/aromatic N) is 1. The molecule has 1 aliphatic heterocycles. The van der Waals surface area contributed by atoms with Gasteiger partial charge in [-0.2, -0.15) is 11.8 Å². The van der Waals surface area contributed by atoms with Crippen LogP contribution in [0.1, 0.15) is 29.9 Å². The predicted octanol–water partition coefficient (Wildman–Crippen LogP) is 2.28. The Hall–Kier alpha value is -0.480. The fraction of sp³-hybridized carbons (Fsp3) is 0.727. The van der Waals surface area contributed by atoms with E-state index in [2.05, 4.69) is 22.2 Å². The average molecular weight is 226 g/mol. The van der Waals surface area contributed by atoms with E-state index in [9.17, 15) is 0 Å². The largest absolute Gasteiger partial charge is 0.361 e. The molecule has 2 heterocycles. The summed E-state index contributed by atoms with van der Waals surface area (Å²) in [6, 6.07) is 0.681. The Kier molecular flexibility index (Phi) is 3.70. The van der Waals surface area contributed by atoms with Gasteiger partial charge in [0.05, 0.1) is 5.69 Å². The summed E-state index contributed by atoms with van der Waals surface area (Å²) >= 11 is 2.06. The Labute approximate surface area is 95.0 Å². The van der Waals surface area contributed by atoms with Crippen molar-refractivity contribution in [1.82, 2.24) is 10.5 Å². The van der Waals surface area contributed by atoms with Crippen LogP contribution in [0.15, 0.2) is 4.52 Å². The van der Waals surface area contributed by atoms with Crippen LogP contribution in [0, 0.1) is 13.8 Å². The molecule has 84 valence electrons. The number of aryl methyl sites for hydroxylation is 2. The molecule has 2 rings (SSSR count). The summed E-state index contributed by atoms with van der Waals surface area (Å²) in [4.78, 5) is 0. The van der Waals surface area contributed by atoms with E-state index in [4.69, 9.17) is 4.52 Å². The third-order valence-electron chi connectivity index (χ3n) is 2.97. The highest BCUT2D eigenvalue weighted by Gasteiger charge is 2.15. The minimum atomic E-state index is 0.681. The molecule has 0 unspecified atom stereocenters. The van der Waals surface area contributed by atoms with Gasteiger partial charge in [-0.25, -0.2) is 0 Å². The van der Waals surface area contributed by atoms with E-state index < -0.39 is 0 Å². The minimum absolute atomic E-state index is 0.681. The molecule has 1 fully saturated rings. The quantitative estimate of drug-likeness (QED) is 0.858. The first-order valence-electron chi connectivity index (χ1n) is 5.50. The highest BCUT2D eigenvalue weighted by atomic mass is 32.2. The number of hydrogen-bond acceptors (Lipinski definition) is 4. The summed E-state index contributed by atoms with van der Waals surface area (Å²) in [5.41, 5.74) is 2.25. The van der Waals surface area contributed by atoms with Crippen molar-refractivity contribution in [2.45, 2.75) is 39.3 Å². The van der Waals surface area contributed by atoms with Gasteiger partial charge in [-0.05, 0) is 38.2 Å². The molecule has 1 aliphatic rings. The molecule has 0 bridgehead atoms. The fourth-order valence-electron chi connectivity index (χ4n) is 1.90. The van der Waals surface area contributed by atoms with E-state index in [0.29, 0.717) is 6.04 Å². The fourth-order valence-corrected chi connectivity index (χ4v) is 3.01. The van der Waals surface area contributed by atoms with Gasteiger partial charge >= 0.3 is 0 Å². The van der Waals surface area contributed by atoms with Crippen LogP contribution in [0.25, 0.3) is 0 Å². The summed E-state index contributed by atoms with van der Waals surface area (Å²) in [5, 5.41) is 7.55. The molecule has 0 radical (unpaired) electrons. The van der Waals surface area contributed by atoms with Crippen LogP contribution in [-0.4, -0.2) is 22.7 Å². The second-order valence-corrected chi connectivity index (χ2v) is 5.30. The topological polar surface area (TPSA) is 38.1 Å². The maximum absolute atomic E-state index is 5.14. The highest BCUT2D eigenvalue weighted by molar-refractivity contribution is 7.99. The molecule has 1 N–H and O–H groups in total. The maximum Gasteiger partial charge on any atom is 0.138 e. The van der Waals surface area contributed by atoms with Gasteiger partial charge in [0.15, 0.2) is 0 Å². The molecule has 1 saturated heterocycles. The van der Waals surface area contributed by atoms with E-state index in [1.54, 1.807) is 0 Å². The van der Waals surface area contributed by atoms with Crippen LogP contribution >= 0.6 is 11.8 Å². The zero-order valence-electron chi connectivity index (χ0n) is 9.38. The molecule has 0 spiro atoms. The van der Waals surface area contributed by atoms with E-state index in [1.807, 2.05) is 13.8 Å². The molecule has 1 aromatic rings. The number of rotatable bonds is 3. The van der Waals surface area contributed by atoms with Gasteiger partial charge in [-0.3, -0.25) is 0 Å². The Bertz CT molecular complexity index is 299. The number of thioether (sulfide) groups is 1. The SMILES string of the molecule is Cc1noc(C)c1CNC1CCSCC1. The van der Waals surface area contributed by atoms with Crippen molar-refractivity contribution in [3.8, 4) is 0 Å². The lowest BCUT2D eigenvalue weighted by atomic mass is 10.1. The van der Waals surface area contributed by atoms with Crippen molar-refractivity contribution < 1.29 is 4.52 Å². The predicted molar refractivity (Wildman–Crippen MR) is 63.2 cm³/mol. The van der Waals surface area contributed by atoms with Gasteiger partial charge < -0.3 is 9.84 Å². The van der Waals surface area contributed by atoms with Gasteiger partial charge in [0.2, 0.25) is 0 Å². The minimum Gasteiger partial charge on any atom is -0.361 e. The molecule has 0 aliphatic carbocycles. The number of nitrogens with one attached hydrogen (secondary N) is 1. The molecule has 15 heavy (non-hydrogen) atoms. The average Bonchev–Trinajstić information content (AvgIpc) is 2.58. The van der Waals surface area contributed by atoms with Gasteiger partial charge in [-0.1, -0.05) is 5.16 Å². The van der Waals surface area contributed by atoms with Crippen LogP contribution in [-0.2, 0) is 6.54 Å². The molecule has 0 saturated carbocycles. The lowest BCUT2D eigenvalue weighted by molar-refractivity contribution is 0.391. The van der Waals surface area contributed by atoms with Gasteiger partial charge in [-0.15, -0.1) is 0 Å².